The lowest BCUT2D eigenvalue weighted by atomic mass is 10.1. The monoisotopic (exact) mass is 287 g/mol. The van der Waals surface area contributed by atoms with Gasteiger partial charge in [-0.2, -0.15) is 0 Å². The van der Waals surface area contributed by atoms with Gasteiger partial charge in [-0.25, -0.2) is 4.79 Å². The number of amides is 3. The Labute approximate surface area is 122 Å². The Morgan fingerprint density at radius 1 is 1.14 bits per heavy atom. The van der Waals surface area contributed by atoms with Crippen LogP contribution in [-0.2, 0) is 11.3 Å². The number of carbonyl (C=O) groups is 2. The van der Waals surface area contributed by atoms with E-state index in [1.807, 2.05) is 36.4 Å². The summed E-state index contributed by atoms with van der Waals surface area (Å²) in [7, 11) is 1.45. The summed E-state index contributed by atoms with van der Waals surface area (Å²) in [6, 6.07) is 11.6. The predicted molar refractivity (Wildman–Crippen MR) is 77.3 cm³/mol. The lowest BCUT2D eigenvalue weighted by molar-refractivity contribution is -0.122. The van der Waals surface area contributed by atoms with Gasteiger partial charge in [-0.05, 0) is 17.7 Å². The summed E-state index contributed by atoms with van der Waals surface area (Å²) in [6.07, 6.45) is 1.57. The molecule has 21 heavy (non-hydrogen) atoms. The van der Waals surface area contributed by atoms with Gasteiger partial charge in [-0.15, -0.1) is 0 Å². The molecule has 0 aliphatic carbocycles. The van der Waals surface area contributed by atoms with Crippen molar-refractivity contribution in [2.24, 2.45) is 0 Å². The van der Waals surface area contributed by atoms with E-state index < -0.39 is 18.0 Å². The first kappa shape index (κ1) is 14.8. The third-order valence-corrected chi connectivity index (χ3v) is 2.92. The Balaban J connectivity index is 2.10. The number of carbonyl (C=O) groups excluding carboxylic acids is 2. The zero-order valence-electron chi connectivity index (χ0n) is 11.6. The van der Waals surface area contributed by atoms with Gasteiger partial charge in [0.15, 0.2) is 0 Å². The molecule has 1 heterocycles. The van der Waals surface area contributed by atoms with Crippen molar-refractivity contribution in [3.05, 3.63) is 60.1 Å². The van der Waals surface area contributed by atoms with E-state index in [1.165, 1.54) is 7.05 Å². The van der Waals surface area contributed by atoms with Crippen LogP contribution in [0.15, 0.2) is 53.1 Å². The van der Waals surface area contributed by atoms with Crippen molar-refractivity contribution >= 4 is 11.9 Å². The van der Waals surface area contributed by atoms with E-state index in [9.17, 15) is 9.59 Å². The van der Waals surface area contributed by atoms with Gasteiger partial charge in [0.25, 0.3) is 0 Å². The zero-order chi connectivity index (χ0) is 15.1. The normalized spacial score (nSPS) is 11.7. The highest BCUT2D eigenvalue weighted by atomic mass is 16.3. The molecule has 0 spiro atoms. The Morgan fingerprint density at radius 2 is 1.90 bits per heavy atom. The number of nitrogens with one attached hydrogen (secondary N) is 3. The van der Waals surface area contributed by atoms with Crippen LogP contribution in [0, 0.1) is 0 Å². The van der Waals surface area contributed by atoms with Gasteiger partial charge in [0, 0.05) is 7.05 Å². The van der Waals surface area contributed by atoms with Crippen molar-refractivity contribution in [2.75, 3.05) is 7.05 Å². The number of rotatable bonds is 5. The van der Waals surface area contributed by atoms with Crippen molar-refractivity contribution in [3.63, 3.8) is 0 Å². The maximum Gasteiger partial charge on any atom is 0.321 e. The largest absolute Gasteiger partial charge is 0.468 e. The molecule has 1 atom stereocenters. The van der Waals surface area contributed by atoms with Crippen LogP contribution in [0.25, 0.3) is 0 Å². The van der Waals surface area contributed by atoms with Crippen molar-refractivity contribution in [3.8, 4) is 0 Å². The lowest BCUT2D eigenvalue weighted by Gasteiger charge is -2.17. The quantitative estimate of drug-likeness (QED) is 0.779. The van der Waals surface area contributed by atoms with E-state index in [0.29, 0.717) is 12.3 Å². The molecule has 0 saturated carbocycles. The average molecular weight is 287 g/mol. The number of urea groups is 1. The molecule has 110 valence electrons. The van der Waals surface area contributed by atoms with Crippen LogP contribution < -0.4 is 16.0 Å². The van der Waals surface area contributed by atoms with Crippen LogP contribution in [0.2, 0.25) is 0 Å². The molecule has 3 N–H and O–H groups in total. The van der Waals surface area contributed by atoms with Gasteiger partial charge < -0.3 is 9.73 Å². The summed E-state index contributed by atoms with van der Waals surface area (Å²) in [6.45, 7) is 0.383. The Hall–Kier alpha value is -2.60. The van der Waals surface area contributed by atoms with Crippen LogP contribution in [0.4, 0.5) is 4.79 Å². The van der Waals surface area contributed by atoms with E-state index in [1.54, 1.807) is 12.3 Å². The molecule has 2 aromatic rings. The minimum Gasteiger partial charge on any atom is -0.468 e. The fraction of sp³-hybridized carbons (Fsp3) is 0.200. The standard InChI is InChI=1S/C15H17N3O3/c1-16-15(20)18-14(19)13(11-6-3-2-4-7-11)17-10-12-8-5-9-21-12/h2-9,13,17H,10H2,1H3,(H2,16,18,19,20)/t13-/m1/s1. The van der Waals surface area contributed by atoms with Crippen molar-refractivity contribution in [1.29, 1.82) is 0 Å². The van der Waals surface area contributed by atoms with Crippen LogP contribution >= 0.6 is 0 Å². The van der Waals surface area contributed by atoms with Gasteiger partial charge in [0.2, 0.25) is 5.91 Å². The molecule has 2 rings (SSSR count). The molecule has 1 aromatic carbocycles. The van der Waals surface area contributed by atoms with E-state index in [4.69, 9.17) is 4.42 Å². The Morgan fingerprint density at radius 3 is 2.52 bits per heavy atom. The first-order valence-corrected chi connectivity index (χ1v) is 6.54. The number of furan rings is 1. The van der Waals surface area contributed by atoms with E-state index in [0.717, 1.165) is 5.56 Å². The first-order chi connectivity index (χ1) is 10.2. The summed E-state index contributed by atoms with van der Waals surface area (Å²) in [5.41, 5.74) is 0.769. The average Bonchev–Trinajstić information content (AvgIpc) is 3.01. The summed E-state index contributed by atoms with van der Waals surface area (Å²) in [5.74, 6) is 0.288. The predicted octanol–water partition coefficient (Wildman–Crippen LogP) is 1.57. The second-order valence-corrected chi connectivity index (χ2v) is 4.37. The third-order valence-electron chi connectivity index (χ3n) is 2.92. The van der Waals surface area contributed by atoms with Gasteiger partial charge in [-0.1, -0.05) is 30.3 Å². The van der Waals surface area contributed by atoms with Crippen LogP contribution in [0.5, 0.6) is 0 Å². The summed E-state index contributed by atoms with van der Waals surface area (Å²) in [4.78, 5) is 23.5. The van der Waals surface area contributed by atoms with Crippen LogP contribution in [0.1, 0.15) is 17.4 Å². The highest BCUT2D eigenvalue weighted by molar-refractivity contribution is 5.97. The van der Waals surface area contributed by atoms with Gasteiger partial charge >= 0.3 is 6.03 Å². The second-order valence-electron chi connectivity index (χ2n) is 4.37. The van der Waals surface area contributed by atoms with E-state index >= 15 is 0 Å². The fourth-order valence-corrected chi connectivity index (χ4v) is 1.87. The van der Waals surface area contributed by atoms with Gasteiger partial charge in [0.05, 0.1) is 12.8 Å². The molecule has 1 aromatic heterocycles. The molecule has 3 amide bonds. The molecule has 6 heteroatoms. The number of benzene rings is 1. The number of hydrogen-bond acceptors (Lipinski definition) is 4. The molecule has 0 aliphatic heterocycles. The SMILES string of the molecule is CNC(=O)NC(=O)[C@H](NCc1ccco1)c1ccccc1. The van der Waals surface area contributed by atoms with Crippen molar-refractivity contribution in [2.45, 2.75) is 12.6 Å². The Kier molecular flexibility index (Phi) is 5.11. The molecule has 0 unspecified atom stereocenters. The van der Waals surface area contributed by atoms with E-state index in [2.05, 4.69) is 16.0 Å². The number of hydrogen-bond donors (Lipinski definition) is 3. The van der Waals surface area contributed by atoms with Crippen LogP contribution in [-0.4, -0.2) is 19.0 Å². The molecular formula is C15H17N3O3. The minimum absolute atomic E-state index is 0.383. The molecular weight excluding hydrogens is 270 g/mol. The van der Waals surface area contributed by atoms with Gasteiger partial charge in [0.1, 0.15) is 11.8 Å². The topological polar surface area (TPSA) is 83.4 Å². The molecule has 0 aliphatic rings. The highest BCUT2D eigenvalue weighted by Gasteiger charge is 2.21. The van der Waals surface area contributed by atoms with Crippen molar-refractivity contribution in [1.82, 2.24) is 16.0 Å². The van der Waals surface area contributed by atoms with Crippen LogP contribution in [0.3, 0.4) is 0 Å². The molecule has 0 radical (unpaired) electrons. The smallest absolute Gasteiger partial charge is 0.321 e. The highest BCUT2D eigenvalue weighted by Crippen LogP contribution is 2.14. The summed E-state index contributed by atoms with van der Waals surface area (Å²) >= 11 is 0. The Bertz CT molecular complexity index is 581. The van der Waals surface area contributed by atoms with Crippen molar-refractivity contribution < 1.29 is 14.0 Å². The maximum absolute atomic E-state index is 12.2. The molecule has 6 nitrogen and oxygen atoms in total. The number of imide groups is 1. The lowest BCUT2D eigenvalue weighted by Crippen LogP contribution is -2.43. The zero-order valence-corrected chi connectivity index (χ0v) is 11.6. The van der Waals surface area contributed by atoms with Gasteiger partial charge in [-0.3, -0.25) is 15.4 Å². The first-order valence-electron chi connectivity index (χ1n) is 6.54. The summed E-state index contributed by atoms with van der Waals surface area (Å²) < 4.78 is 5.23. The van der Waals surface area contributed by atoms with E-state index in [-0.39, 0.29) is 0 Å². The molecule has 0 fully saturated rings. The summed E-state index contributed by atoms with van der Waals surface area (Å²) in [5, 5.41) is 7.71. The molecule has 0 saturated heterocycles. The molecule has 0 bridgehead atoms. The maximum atomic E-state index is 12.2. The third kappa shape index (κ3) is 4.19. The second kappa shape index (κ2) is 7.25. The minimum atomic E-state index is -0.645. The fourth-order valence-electron chi connectivity index (χ4n) is 1.87.